The lowest BCUT2D eigenvalue weighted by Gasteiger charge is -2.17. The van der Waals surface area contributed by atoms with Crippen LogP contribution in [0.5, 0.6) is 0 Å². The fourth-order valence-electron chi connectivity index (χ4n) is 0.870. The molecule has 0 aliphatic heterocycles. The summed E-state index contributed by atoms with van der Waals surface area (Å²) in [6.45, 7) is 5.70. The van der Waals surface area contributed by atoms with Gasteiger partial charge in [-0.15, -0.1) is 0 Å². The van der Waals surface area contributed by atoms with Crippen molar-refractivity contribution in [2.24, 2.45) is 0 Å². The van der Waals surface area contributed by atoms with E-state index in [-0.39, 0.29) is 0 Å². The van der Waals surface area contributed by atoms with Gasteiger partial charge in [-0.2, -0.15) is 0 Å². The van der Waals surface area contributed by atoms with E-state index in [1.54, 1.807) is 0 Å². The van der Waals surface area contributed by atoms with Gasteiger partial charge >= 0.3 is 0 Å². The average molecular weight is 126 g/mol. The fourth-order valence-corrected chi connectivity index (χ4v) is 0.870. The Morgan fingerprint density at radius 3 is 2.00 bits per heavy atom. The second-order valence-corrected chi connectivity index (χ2v) is 3.29. The van der Waals surface area contributed by atoms with Gasteiger partial charge in [-0.1, -0.05) is 5.57 Å². The lowest BCUT2D eigenvalue weighted by Crippen LogP contribution is -2.19. The van der Waals surface area contributed by atoms with E-state index in [2.05, 4.69) is 0 Å². The number of rotatable bonds is 1. The highest BCUT2D eigenvalue weighted by Gasteiger charge is 2.24. The van der Waals surface area contributed by atoms with Crippen LogP contribution in [0.25, 0.3) is 0 Å². The predicted octanol–water partition coefficient (Wildman–Crippen LogP) is 1.87. The summed E-state index contributed by atoms with van der Waals surface area (Å²) < 4.78 is 0. The van der Waals surface area contributed by atoms with Gasteiger partial charge in [0.15, 0.2) is 0 Å². The van der Waals surface area contributed by atoms with Crippen molar-refractivity contribution in [3.63, 3.8) is 0 Å². The van der Waals surface area contributed by atoms with Gasteiger partial charge in [0.2, 0.25) is 0 Å². The number of hydrogen-bond acceptors (Lipinski definition) is 1. The standard InChI is InChI=1S/C8H14O/c1-6(7-4-5-7)8(2,3)9/h9H,4-5H2,1-3H3. The molecule has 0 aromatic rings. The summed E-state index contributed by atoms with van der Waals surface area (Å²) in [5.41, 5.74) is 2.04. The highest BCUT2D eigenvalue weighted by Crippen LogP contribution is 2.35. The van der Waals surface area contributed by atoms with Gasteiger partial charge in [-0.3, -0.25) is 0 Å². The molecule has 9 heavy (non-hydrogen) atoms. The molecule has 1 rings (SSSR count). The molecule has 0 aromatic heterocycles. The summed E-state index contributed by atoms with van der Waals surface area (Å²) in [4.78, 5) is 0. The van der Waals surface area contributed by atoms with Crippen LogP contribution in [0, 0.1) is 0 Å². The fraction of sp³-hybridized carbons (Fsp3) is 0.750. The molecule has 0 saturated heterocycles. The minimum absolute atomic E-state index is 0.578. The van der Waals surface area contributed by atoms with Crippen molar-refractivity contribution < 1.29 is 5.11 Å². The Balaban J connectivity index is 2.73. The van der Waals surface area contributed by atoms with E-state index in [1.807, 2.05) is 20.8 Å². The SMILES string of the molecule is CC(=C1CC1)C(C)(C)O. The molecule has 1 N–H and O–H groups in total. The minimum atomic E-state index is -0.578. The number of aliphatic hydroxyl groups is 1. The Hall–Kier alpha value is -0.300. The van der Waals surface area contributed by atoms with Crippen molar-refractivity contribution in [1.29, 1.82) is 0 Å². The molecule has 1 heteroatoms. The second kappa shape index (κ2) is 1.84. The first kappa shape index (κ1) is 6.81. The van der Waals surface area contributed by atoms with Crippen LogP contribution in [-0.2, 0) is 0 Å². The summed E-state index contributed by atoms with van der Waals surface area (Å²) >= 11 is 0. The molecular weight excluding hydrogens is 112 g/mol. The third-order valence-electron chi connectivity index (χ3n) is 1.95. The molecule has 1 nitrogen and oxygen atoms in total. The maximum absolute atomic E-state index is 9.44. The van der Waals surface area contributed by atoms with Crippen molar-refractivity contribution in [2.75, 3.05) is 0 Å². The molecular formula is C8H14O. The van der Waals surface area contributed by atoms with Crippen LogP contribution in [0.2, 0.25) is 0 Å². The molecule has 0 radical (unpaired) electrons. The lowest BCUT2D eigenvalue weighted by molar-refractivity contribution is 0.119. The van der Waals surface area contributed by atoms with Crippen molar-refractivity contribution in [2.45, 2.75) is 39.2 Å². The van der Waals surface area contributed by atoms with E-state index >= 15 is 0 Å². The molecule has 52 valence electrons. The lowest BCUT2D eigenvalue weighted by atomic mass is 9.99. The van der Waals surface area contributed by atoms with E-state index in [4.69, 9.17) is 0 Å². The molecule has 0 bridgehead atoms. The molecule has 0 unspecified atom stereocenters. The third kappa shape index (κ3) is 1.55. The highest BCUT2D eigenvalue weighted by molar-refractivity contribution is 5.28. The zero-order valence-electron chi connectivity index (χ0n) is 6.36. The minimum Gasteiger partial charge on any atom is -0.386 e. The van der Waals surface area contributed by atoms with Crippen molar-refractivity contribution >= 4 is 0 Å². The molecule has 0 spiro atoms. The summed E-state index contributed by atoms with van der Waals surface area (Å²) in [6, 6.07) is 0. The monoisotopic (exact) mass is 126 g/mol. The van der Waals surface area contributed by atoms with Crippen LogP contribution >= 0.6 is 0 Å². The van der Waals surface area contributed by atoms with Gasteiger partial charge in [0, 0.05) is 0 Å². The third-order valence-corrected chi connectivity index (χ3v) is 1.95. The van der Waals surface area contributed by atoms with E-state index in [0.29, 0.717) is 0 Å². The Kier molecular flexibility index (Phi) is 1.39. The first-order valence-corrected chi connectivity index (χ1v) is 3.43. The van der Waals surface area contributed by atoms with Crippen LogP contribution in [-0.4, -0.2) is 10.7 Å². The normalized spacial score (nSPS) is 18.0. The molecule has 1 aliphatic rings. The largest absolute Gasteiger partial charge is 0.386 e. The summed E-state index contributed by atoms with van der Waals surface area (Å²) in [5.74, 6) is 0. The van der Waals surface area contributed by atoms with Crippen LogP contribution in [0.1, 0.15) is 33.6 Å². The van der Waals surface area contributed by atoms with Crippen LogP contribution in [0.15, 0.2) is 11.1 Å². The Bertz CT molecular complexity index is 142. The van der Waals surface area contributed by atoms with Crippen LogP contribution in [0.3, 0.4) is 0 Å². The molecule has 0 heterocycles. The first-order valence-electron chi connectivity index (χ1n) is 3.43. The van der Waals surface area contributed by atoms with E-state index in [9.17, 15) is 5.11 Å². The molecule has 1 aliphatic carbocycles. The van der Waals surface area contributed by atoms with Gasteiger partial charge in [-0.25, -0.2) is 0 Å². The maximum Gasteiger partial charge on any atom is 0.0800 e. The van der Waals surface area contributed by atoms with Crippen molar-refractivity contribution in [1.82, 2.24) is 0 Å². The zero-order valence-corrected chi connectivity index (χ0v) is 6.36. The summed E-state index contributed by atoms with van der Waals surface area (Å²) in [5, 5.41) is 9.44. The van der Waals surface area contributed by atoms with Crippen molar-refractivity contribution in [3.8, 4) is 0 Å². The Morgan fingerprint density at radius 1 is 1.44 bits per heavy atom. The highest BCUT2D eigenvalue weighted by atomic mass is 16.3. The first-order chi connectivity index (χ1) is 4.02. The predicted molar refractivity (Wildman–Crippen MR) is 38.2 cm³/mol. The summed E-state index contributed by atoms with van der Waals surface area (Å²) in [6.07, 6.45) is 2.41. The maximum atomic E-state index is 9.44. The quantitative estimate of drug-likeness (QED) is 0.532. The number of allylic oxidation sites excluding steroid dienone is 1. The van der Waals surface area contributed by atoms with E-state index in [1.165, 1.54) is 24.0 Å². The van der Waals surface area contributed by atoms with Gasteiger partial charge in [-0.05, 0) is 39.2 Å². The van der Waals surface area contributed by atoms with Gasteiger partial charge in [0.05, 0.1) is 5.60 Å². The molecule has 0 aromatic carbocycles. The van der Waals surface area contributed by atoms with Crippen LogP contribution in [0.4, 0.5) is 0 Å². The molecule has 0 atom stereocenters. The Morgan fingerprint density at radius 2 is 1.89 bits per heavy atom. The summed E-state index contributed by atoms with van der Waals surface area (Å²) in [7, 11) is 0. The molecule has 1 saturated carbocycles. The molecule has 0 amide bonds. The zero-order chi connectivity index (χ0) is 7.07. The van der Waals surface area contributed by atoms with Crippen molar-refractivity contribution in [3.05, 3.63) is 11.1 Å². The topological polar surface area (TPSA) is 20.2 Å². The Labute approximate surface area is 56.4 Å². The van der Waals surface area contributed by atoms with E-state index in [0.717, 1.165) is 0 Å². The van der Waals surface area contributed by atoms with Gasteiger partial charge in [0.25, 0.3) is 0 Å². The van der Waals surface area contributed by atoms with E-state index < -0.39 is 5.60 Å². The molecule has 1 fully saturated rings. The van der Waals surface area contributed by atoms with Crippen LogP contribution < -0.4 is 0 Å². The number of hydrogen-bond donors (Lipinski definition) is 1. The smallest absolute Gasteiger partial charge is 0.0800 e. The van der Waals surface area contributed by atoms with Gasteiger partial charge in [0.1, 0.15) is 0 Å². The second-order valence-electron chi connectivity index (χ2n) is 3.29. The average Bonchev–Trinajstić information content (AvgIpc) is 2.40. The van der Waals surface area contributed by atoms with Gasteiger partial charge < -0.3 is 5.11 Å².